The van der Waals surface area contributed by atoms with Crippen LogP contribution in [0.3, 0.4) is 0 Å². The Bertz CT molecular complexity index is 1000. The first kappa shape index (κ1) is 25.1. The smallest absolute Gasteiger partial charge is 0.337 e. The molecule has 1 atom stereocenters. The lowest BCUT2D eigenvalue weighted by Crippen LogP contribution is -2.34. The Morgan fingerprint density at radius 3 is 2.22 bits per heavy atom. The van der Waals surface area contributed by atoms with Crippen LogP contribution < -0.4 is 0 Å². The number of nitro benzene ring substituents is 1. The number of thioether (sulfide) groups is 1. The summed E-state index contributed by atoms with van der Waals surface area (Å²) < 4.78 is 10.5. The maximum absolute atomic E-state index is 13.1. The van der Waals surface area contributed by atoms with E-state index < -0.39 is 22.8 Å². The van der Waals surface area contributed by atoms with E-state index in [1.165, 1.54) is 18.2 Å². The highest BCUT2D eigenvalue weighted by atomic mass is 32.2. The molecule has 2 rings (SSSR count). The summed E-state index contributed by atoms with van der Waals surface area (Å²) in [6.45, 7) is 6.86. The molecular weight excluding hydrogens is 436 g/mol. The van der Waals surface area contributed by atoms with Crippen molar-refractivity contribution in [2.45, 2.75) is 40.0 Å². The van der Waals surface area contributed by atoms with Crippen LogP contribution >= 0.6 is 11.8 Å². The van der Waals surface area contributed by atoms with Crippen molar-refractivity contribution in [1.29, 1.82) is 0 Å². The number of nitro groups is 1. The van der Waals surface area contributed by atoms with E-state index in [1.54, 1.807) is 45.7 Å². The molecule has 32 heavy (non-hydrogen) atoms. The Morgan fingerprint density at radius 1 is 1.09 bits per heavy atom. The molecule has 0 fully saturated rings. The molecule has 1 heterocycles. The molecule has 1 aromatic rings. The van der Waals surface area contributed by atoms with Crippen LogP contribution in [0.1, 0.15) is 45.6 Å². The van der Waals surface area contributed by atoms with Crippen molar-refractivity contribution in [2.75, 3.05) is 20.3 Å². The third kappa shape index (κ3) is 5.18. The summed E-state index contributed by atoms with van der Waals surface area (Å²) >= 11 is 0.876. The van der Waals surface area contributed by atoms with Gasteiger partial charge in [0, 0.05) is 31.3 Å². The molecule has 0 saturated carbocycles. The van der Waals surface area contributed by atoms with Gasteiger partial charge in [0.25, 0.3) is 5.69 Å². The average molecular weight is 463 g/mol. The number of hydrogen-bond acceptors (Lipinski definition) is 9. The van der Waals surface area contributed by atoms with Gasteiger partial charge >= 0.3 is 11.9 Å². The third-order valence-corrected chi connectivity index (χ3v) is 6.11. The van der Waals surface area contributed by atoms with Crippen LogP contribution in [0.25, 0.3) is 0 Å². The molecule has 172 valence electrons. The summed E-state index contributed by atoms with van der Waals surface area (Å²) in [5.41, 5.74) is 0.852. The summed E-state index contributed by atoms with van der Waals surface area (Å²) in [5, 5.41) is 11.5. The summed E-state index contributed by atoms with van der Waals surface area (Å²) in [7, 11) is 1.64. The van der Waals surface area contributed by atoms with Gasteiger partial charge in [-0.15, -0.1) is 0 Å². The maximum atomic E-state index is 13.1. The number of carbonyl (C=O) groups is 3. The number of benzene rings is 1. The Morgan fingerprint density at radius 2 is 1.69 bits per heavy atom. The first-order chi connectivity index (χ1) is 15.2. The first-order valence-electron chi connectivity index (χ1n) is 10.2. The van der Waals surface area contributed by atoms with Crippen LogP contribution in [0.2, 0.25) is 0 Å². The topological polar surface area (TPSA) is 116 Å². The molecule has 0 amide bonds. The molecule has 9 nitrogen and oxygen atoms in total. The molecule has 0 saturated heterocycles. The van der Waals surface area contributed by atoms with Gasteiger partial charge < -0.3 is 14.4 Å². The molecule has 0 radical (unpaired) electrons. The van der Waals surface area contributed by atoms with Crippen molar-refractivity contribution in [1.82, 2.24) is 4.90 Å². The Kier molecular flexibility index (Phi) is 8.59. The van der Waals surface area contributed by atoms with E-state index in [-0.39, 0.29) is 41.6 Å². The zero-order valence-corrected chi connectivity index (χ0v) is 19.5. The predicted molar refractivity (Wildman–Crippen MR) is 119 cm³/mol. The van der Waals surface area contributed by atoms with Gasteiger partial charge in [0.15, 0.2) is 5.12 Å². The monoisotopic (exact) mass is 462 g/mol. The van der Waals surface area contributed by atoms with E-state index in [0.29, 0.717) is 16.3 Å². The van der Waals surface area contributed by atoms with E-state index in [9.17, 15) is 24.5 Å². The second-order valence-electron chi connectivity index (χ2n) is 6.83. The van der Waals surface area contributed by atoms with Crippen LogP contribution in [-0.4, -0.2) is 47.1 Å². The molecule has 10 heteroatoms. The summed E-state index contributed by atoms with van der Waals surface area (Å²) in [6, 6.07) is 5.71. The van der Waals surface area contributed by atoms with Gasteiger partial charge in [-0.2, -0.15) is 0 Å². The van der Waals surface area contributed by atoms with Gasteiger partial charge in [0.05, 0.1) is 40.2 Å². The number of allylic oxidation sites excluding steroid dienone is 1. The van der Waals surface area contributed by atoms with Gasteiger partial charge in [-0.05, 0) is 38.1 Å². The minimum atomic E-state index is -1.00. The number of nitrogens with zero attached hydrogens (tertiary/aromatic N) is 2. The zero-order chi connectivity index (χ0) is 24.0. The van der Waals surface area contributed by atoms with Crippen LogP contribution in [-0.2, 0) is 23.9 Å². The van der Waals surface area contributed by atoms with Gasteiger partial charge in [-0.25, -0.2) is 9.59 Å². The molecule has 1 aliphatic rings. The second kappa shape index (κ2) is 10.9. The Labute approximate surface area is 190 Å². The molecule has 0 aliphatic carbocycles. The fraction of sp³-hybridized carbons (Fsp3) is 0.409. The SMILES string of the molecule is CCOC(=O)C1=C(C)N(C)C(SC(=O)CC)=C(C(=O)OCC)C1c1cccc([N+](=O)[O-])c1. The van der Waals surface area contributed by atoms with Gasteiger partial charge in [-0.3, -0.25) is 14.9 Å². The molecular formula is C22H26N2O7S. The summed E-state index contributed by atoms with van der Waals surface area (Å²) in [6.07, 6.45) is 0.229. The van der Waals surface area contributed by atoms with E-state index in [0.717, 1.165) is 11.8 Å². The van der Waals surface area contributed by atoms with Crippen LogP contribution in [0, 0.1) is 10.1 Å². The highest BCUT2D eigenvalue weighted by Gasteiger charge is 2.42. The molecule has 1 aromatic carbocycles. The van der Waals surface area contributed by atoms with Crippen LogP contribution in [0.4, 0.5) is 5.69 Å². The molecule has 1 unspecified atom stereocenters. The lowest BCUT2D eigenvalue weighted by molar-refractivity contribution is -0.384. The second-order valence-corrected chi connectivity index (χ2v) is 7.88. The number of ether oxygens (including phenoxy) is 2. The summed E-state index contributed by atoms with van der Waals surface area (Å²) in [4.78, 5) is 50.8. The number of non-ortho nitro benzene ring substituents is 1. The molecule has 0 aromatic heterocycles. The summed E-state index contributed by atoms with van der Waals surface area (Å²) in [5.74, 6) is -2.37. The Hall–Kier alpha value is -3.14. The fourth-order valence-electron chi connectivity index (χ4n) is 3.33. The number of hydrogen-bond donors (Lipinski definition) is 0. The largest absolute Gasteiger partial charge is 0.463 e. The van der Waals surface area contributed by atoms with E-state index in [2.05, 4.69) is 0 Å². The minimum Gasteiger partial charge on any atom is -0.463 e. The number of rotatable bonds is 8. The van der Waals surface area contributed by atoms with Gasteiger partial charge in [-0.1, -0.05) is 19.1 Å². The van der Waals surface area contributed by atoms with Crippen LogP contribution in [0.15, 0.2) is 46.1 Å². The fourth-order valence-corrected chi connectivity index (χ4v) is 4.28. The van der Waals surface area contributed by atoms with E-state index in [1.807, 2.05) is 0 Å². The minimum absolute atomic E-state index is 0.0651. The third-order valence-electron chi connectivity index (χ3n) is 4.91. The maximum Gasteiger partial charge on any atom is 0.337 e. The highest BCUT2D eigenvalue weighted by Crippen LogP contribution is 2.46. The average Bonchev–Trinajstić information content (AvgIpc) is 2.76. The lowest BCUT2D eigenvalue weighted by Gasteiger charge is -2.36. The van der Waals surface area contributed by atoms with Gasteiger partial charge in [0.1, 0.15) is 0 Å². The molecule has 0 N–H and O–H groups in total. The number of carbonyl (C=O) groups excluding carboxylic acids is 3. The van der Waals surface area contributed by atoms with Crippen LogP contribution in [0.5, 0.6) is 0 Å². The van der Waals surface area contributed by atoms with Crippen molar-refractivity contribution in [3.63, 3.8) is 0 Å². The van der Waals surface area contributed by atoms with Crippen molar-refractivity contribution < 1.29 is 28.8 Å². The van der Waals surface area contributed by atoms with Crippen molar-refractivity contribution in [2.24, 2.45) is 0 Å². The first-order valence-corrected chi connectivity index (χ1v) is 11.0. The highest BCUT2D eigenvalue weighted by molar-refractivity contribution is 8.16. The van der Waals surface area contributed by atoms with Gasteiger partial charge in [0.2, 0.25) is 0 Å². The molecule has 1 aliphatic heterocycles. The molecule has 0 bridgehead atoms. The zero-order valence-electron chi connectivity index (χ0n) is 18.7. The molecule has 0 spiro atoms. The standard InChI is InChI=1S/C22H26N2O7S/c1-6-16(25)32-20-19(22(27)31-8-3)18(14-10-9-11-15(12-14)24(28)29)17(13(4)23(20)5)21(26)30-7-2/h9-12,18H,6-8H2,1-5H3. The Balaban J connectivity index is 2.86. The van der Waals surface area contributed by atoms with E-state index in [4.69, 9.17) is 9.47 Å². The normalized spacial score (nSPS) is 16.2. The van der Waals surface area contributed by atoms with Crippen molar-refractivity contribution in [3.05, 3.63) is 61.8 Å². The van der Waals surface area contributed by atoms with E-state index >= 15 is 0 Å². The predicted octanol–water partition coefficient (Wildman–Crippen LogP) is 3.91. The lowest BCUT2D eigenvalue weighted by atomic mass is 9.81. The van der Waals surface area contributed by atoms with Crippen molar-refractivity contribution >= 4 is 34.5 Å². The van der Waals surface area contributed by atoms with Crippen molar-refractivity contribution in [3.8, 4) is 0 Å². The quantitative estimate of drug-likeness (QED) is 0.322. The number of esters is 2.